The van der Waals surface area contributed by atoms with Crippen LogP contribution < -0.4 is 5.32 Å². The lowest BCUT2D eigenvalue weighted by Crippen LogP contribution is -2.45. The van der Waals surface area contributed by atoms with E-state index in [0.29, 0.717) is 23.8 Å². The van der Waals surface area contributed by atoms with Crippen molar-refractivity contribution < 1.29 is 22.8 Å². The molecule has 138 valence electrons. The Morgan fingerprint density at radius 3 is 2.56 bits per heavy atom. The molecule has 0 aromatic rings. The van der Waals surface area contributed by atoms with Crippen molar-refractivity contribution in [2.24, 2.45) is 17.8 Å². The average Bonchev–Trinajstić information content (AvgIpc) is 3.31. The highest BCUT2D eigenvalue weighted by Crippen LogP contribution is 2.51. The molecule has 0 spiro atoms. The molecule has 3 aliphatic rings. The largest absolute Gasteiger partial charge is 0.471 e. The third-order valence-electron chi connectivity index (χ3n) is 5.25. The maximum Gasteiger partial charge on any atom is 0.471 e. The van der Waals surface area contributed by atoms with Gasteiger partial charge < -0.3 is 5.32 Å². The Kier molecular flexibility index (Phi) is 5.06. The number of carbonyl (C=O) groups excluding carboxylic acids is 2. The van der Waals surface area contributed by atoms with Crippen molar-refractivity contribution in [2.75, 3.05) is 0 Å². The molecule has 0 saturated carbocycles. The third kappa shape index (κ3) is 3.96. The Morgan fingerprint density at radius 2 is 2.00 bits per heavy atom. The number of ketones is 1. The summed E-state index contributed by atoms with van der Waals surface area (Å²) in [5.41, 5.74) is 1.63. The molecule has 3 unspecified atom stereocenters. The first-order valence-electron chi connectivity index (χ1n) is 8.68. The topological polar surface area (TPSA) is 46.2 Å². The van der Waals surface area contributed by atoms with Gasteiger partial charge in [-0.3, -0.25) is 9.59 Å². The molecule has 0 bridgehead atoms. The number of rotatable bonds is 4. The van der Waals surface area contributed by atoms with Gasteiger partial charge in [-0.25, -0.2) is 0 Å². The van der Waals surface area contributed by atoms with E-state index < -0.39 is 23.4 Å². The quantitative estimate of drug-likeness (QED) is 0.797. The summed E-state index contributed by atoms with van der Waals surface area (Å²) in [5, 5.41) is 1.21. The summed E-state index contributed by atoms with van der Waals surface area (Å²) < 4.78 is 38.0. The SMILES string of the molecule is CC(C)C1CCCC2=C(C1)SC(NC(=O)C(F)(F)F)C2C(=O)C1=CC1. The first-order valence-corrected chi connectivity index (χ1v) is 9.56. The predicted octanol–water partition coefficient (Wildman–Crippen LogP) is 4.35. The van der Waals surface area contributed by atoms with Gasteiger partial charge >= 0.3 is 12.1 Å². The minimum absolute atomic E-state index is 0.118. The van der Waals surface area contributed by atoms with Crippen LogP contribution in [0.25, 0.3) is 0 Å². The summed E-state index contributed by atoms with van der Waals surface area (Å²) in [4.78, 5) is 25.1. The van der Waals surface area contributed by atoms with Crippen LogP contribution in [-0.2, 0) is 9.59 Å². The molecule has 7 heteroatoms. The zero-order valence-corrected chi connectivity index (χ0v) is 15.1. The first kappa shape index (κ1) is 18.5. The number of alkyl halides is 3. The lowest BCUT2D eigenvalue weighted by atomic mass is 9.89. The van der Waals surface area contributed by atoms with Gasteiger partial charge in [0.05, 0.1) is 11.3 Å². The minimum atomic E-state index is -4.94. The van der Waals surface area contributed by atoms with Crippen molar-refractivity contribution in [1.29, 1.82) is 0 Å². The van der Waals surface area contributed by atoms with Crippen molar-refractivity contribution >= 4 is 23.5 Å². The molecule has 1 amide bonds. The van der Waals surface area contributed by atoms with Gasteiger partial charge in [-0.15, -0.1) is 11.8 Å². The summed E-state index contributed by atoms with van der Waals surface area (Å²) in [7, 11) is 0. The summed E-state index contributed by atoms with van der Waals surface area (Å²) in [5.74, 6) is -1.78. The lowest BCUT2D eigenvalue weighted by molar-refractivity contribution is -0.174. The summed E-state index contributed by atoms with van der Waals surface area (Å²) in [6.07, 6.45) is 0.984. The zero-order chi connectivity index (χ0) is 18.4. The number of hydrogen-bond acceptors (Lipinski definition) is 3. The number of carbonyl (C=O) groups is 2. The van der Waals surface area contributed by atoms with Crippen LogP contribution in [0.15, 0.2) is 22.1 Å². The maximum atomic E-state index is 12.7. The molecule has 0 aromatic heterocycles. The van der Waals surface area contributed by atoms with Crippen LogP contribution in [0.2, 0.25) is 0 Å². The molecule has 3 rings (SSSR count). The Hall–Kier alpha value is -1.24. The van der Waals surface area contributed by atoms with Crippen molar-refractivity contribution in [2.45, 2.75) is 57.5 Å². The van der Waals surface area contributed by atoms with Crippen LogP contribution in [0.1, 0.15) is 46.0 Å². The highest BCUT2D eigenvalue weighted by atomic mass is 32.2. The fraction of sp³-hybridized carbons (Fsp3) is 0.667. The first-order chi connectivity index (χ1) is 11.7. The van der Waals surface area contributed by atoms with Crippen LogP contribution in [0.4, 0.5) is 13.2 Å². The minimum Gasteiger partial charge on any atom is -0.335 e. The van der Waals surface area contributed by atoms with Crippen molar-refractivity contribution in [3.05, 3.63) is 22.1 Å². The van der Waals surface area contributed by atoms with Gasteiger partial charge in [-0.1, -0.05) is 19.9 Å². The van der Waals surface area contributed by atoms with Crippen molar-refractivity contribution in [3.8, 4) is 0 Å². The van der Waals surface area contributed by atoms with Gasteiger partial charge in [0, 0.05) is 0 Å². The Morgan fingerprint density at radius 1 is 1.32 bits per heavy atom. The lowest BCUT2D eigenvalue weighted by Gasteiger charge is -2.23. The maximum absolute atomic E-state index is 12.7. The second kappa shape index (κ2) is 6.82. The second-order valence-corrected chi connectivity index (χ2v) is 8.57. The standard InChI is InChI=1S/C18H22F3NO2S/c1-9(2)11-4-3-5-12-13(8-11)25-16(22-17(24)18(19,20)21)14(12)15(23)10-6-7-10/h6,9,11,14,16H,3-5,7-8H2,1-2H3,(H,22,24). The zero-order valence-electron chi connectivity index (χ0n) is 14.3. The molecule has 1 aliphatic heterocycles. The van der Waals surface area contributed by atoms with Gasteiger partial charge in [0.1, 0.15) is 0 Å². The number of thioether (sulfide) groups is 1. The molecule has 0 aromatic carbocycles. The predicted molar refractivity (Wildman–Crippen MR) is 90.6 cm³/mol. The number of nitrogens with one attached hydrogen (secondary N) is 1. The molecule has 1 heterocycles. The smallest absolute Gasteiger partial charge is 0.335 e. The van der Waals surface area contributed by atoms with Crippen molar-refractivity contribution in [1.82, 2.24) is 5.32 Å². The fourth-order valence-electron chi connectivity index (χ4n) is 3.66. The number of Topliss-reactive ketones (excluding diaryl/α,β-unsaturated/α-hetero) is 1. The van der Waals surface area contributed by atoms with E-state index in [4.69, 9.17) is 0 Å². The number of allylic oxidation sites excluding steroid dienone is 3. The average molecular weight is 373 g/mol. The monoisotopic (exact) mass is 373 g/mol. The van der Waals surface area contributed by atoms with E-state index in [1.54, 1.807) is 6.08 Å². The number of hydrogen-bond donors (Lipinski definition) is 1. The normalized spacial score (nSPS) is 29.2. The Balaban J connectivity index is 1.84. The third-order valence-corrected chi connectivity index (χ3v) is 6.61. The molecule has 2 aliphatic carbocycles. The van der Waals surface area contributed by atoms with Crippen LogP contribution in [0.5, 0.6) is 0 Å². The second-order valence-electron chi connectivity index (χ2n) is 7.33. The van der Waals surface area contributed by atoms with Gasteiger partial charge in [-0.2, -0.15) is 13.2 Å². The van der Waals surface area contributed by atoms with E-state index in [1.165, 1.54) is 11.8 Å². The van der Waals surface area contributed by atoms with Crippen LogP contribution in [-0.4, -0.2) is 23.2 Å². The van der Waals surface area contributed by atoms with Gasteiger partial charge in [0.25, 0.3) is 0 Å². The van der Waals surface area contributed by atoms with E-state index in [9.17, 15) is 22.8 Å². The highest BCUT2D eigenvalue weighted by molar-refractivity contribution is 8.04. The molecular formula is C18H22F3NO2S. The van der Waals surface area contributed by atoms with Crippen LogP contribution in [0.3, 0.4) is 0 Å². The molecule has 3 nitrogen and oxygen atoms in total. The summed E-state index contributed by atoms with van der Waals surface area (Å²) in [6, 6.07) is 0. The van der Waals surface area contributed by atoms with E-state index in [0.717, 1.165) is 36.2 Å². The van der Waals surface area contributed by atoms with Gasteiger partial charge in [-0.05, 0) is 60.0 Å². The molecule has 0 saturated heterocycles. The summed E-state index contributed by atoms with van der Waals surface area (Å²) in [6.45, 7) is 4.30. The Labute approximate surface area is 149 Å². The molecule has 0 radical (unpaired) electrons. The molecule has 25 heavy (non-hydrogen) atoms. The highest BCUT2D eigenvalue weighted by Gasteiger charge is 2.47. The fourth-order valence-corrected chi connectivity index (χ4v) is 5.25. The molecular weight excluding hydrogens is 351 g/mol. The molecule has 1 N–H and O–H groups in total. The van der Waals surface area contributed by atoms with E-state index in [1.807, 2.05) is 0 Å². The van der Waals surface area contributed by atoms with Crippen molar-refractivity contribution in [3.63, 3.8) is 0 Å². The van der Waals surface area contributed by atoms with Gasteiger partial charge in [0.2, 0.25) is 0 Å². The summed E-state index contributed by atoms with van der Waals surface area (Å²) >= 11 is 1.25. The van der Waals surface area contributed by atoms with Crippen LogP contribution >= 0.6 is 11.8 Å². The molecule has 3 atom stereocenters. The van der Waals surface area contributed by atoms with E-state index in [-0.39, 0.29) is 5.78 Å². The number of amides is 1. The van der Waals surface area contributed by atoms with E-state index in [2.05, 4.69) is 19.2 Å². The molecule has 0 fully saturated rings. The van der Waals surface area contributed by atoms with E-state index >= 15 is 0 Å². The van der Waals surface area contributed by atoms with Crippen LogP contribution in [0, 0.1) is 17.8 Å². The van der Waals surface area contributed by atoms with Gasteiger partial charge in [0.15, 0.2) is 5.78 Å². The number of halogens is 3. The Bertz CT molecular complexity index is 651.